The smallest absolute Gasteiger partial charge is 0.320 e. The van der Waals surface area contributed by atoms with E-state index in [4.69, 9.17) is 20.7 Å². The molecule has 0 aliphatic carbocycles. The van der Waals surface area contributed by atoms with Gasteiger partial charge in [0.25, 0.3) is 0 Å². The summed E-state index contributed by atoms with van der Waals surface area (Å²) in [5.41, 5.74) is 2.99. The molecule has 21 heavy (non-hydrogen) atoms. The van der Waals surface area contributed by atoms with Crippen molar-refractivity contribution in [2.75, 3.05) is 13.2 Å². The minimum absolute atomic E-state index is 0.192. The van der Waals surface area contributed by atoms with Gasteiger partial charge in [0.1, 0.15) is 24.4 Å². The van der Waals surface area contributed by atoms with Crippen LogP contribution in [0.4, 0.5) is 0 Å². The Balaban J connectivity index is 2.87. The highest BCUT2D eigenvalue weighted by Crippen LogP contribution is 2.29. The van der Waals surface area contributed by atoms with Crippen LogP contribution in [0, 0.1) is 0 Å². The molecule has 1 aliphatic rings. The number of carboxylic acid groups (broad SMARTS) is 1. The average Bonchev–Trinajstić information content (AvgIpc) is 2.68. The lowest BCUT2D eigenvalue weighted by Crippen LogP contribution is -2.62. The number of aliphatic hydroxyl groups excluding tert-OH is 4. The Hall–Kier alpha value is -1.30. The fourth-order valence-corrected chi connectivity index (χ4v) is 2.17. The Morgan fingerprint density at radius 2 is 1.95 bits per heavy atom. The summed E-state index contributed by atoms with van der Waals surface area (Å²) in [4.78, 5) is 21.9. The number of hydrogen-bond donors (Lipinski definition) is 7. The zero-order valence-electron chi connectivity index (χ0n) is 11.2. The van der Waals surface area contributed by atoms with Crippen molar-refractivity contribution in [1.82, 2.24) is 5.32 Å². The Bertz CT molecular complexity index is 392. The molecule has 0 unspecified atom stereocenters. The van der Waals surface area contributed by atoms with Crippen molar-refractivity contribution in [2.24, 2.45) is 5.73 Å². The van der Waals surface area contributed by atoms with Crippen molar-refractivity contribution in [3.05, 3.63) is 0 Å². The van der Waals surface area contributed by atoms with Crippen LogP contribution in [0.2, 0.25) is 0 Å². The van der Waals surface area contributed by atoms with Gasteiger partial charge >= 0.3 is 5.97 Å². The van der Waals surface area contributed by atoms with Gasteiger partial charge < -0.3 is 36.0 Å². The monoisotopic (exact) mass is 308 g/mol. The summed E-state index contributed by atoms with van der Waals surface area (Å²) in [6, 6.07) is -1.34. The first-order valence-corrected chi connectivity index (χ1v) is 6.32. The molecule has 0 aromatic rings. The highest BCUT2D eigenvalue weighted by atomic mass is 16.6. The third kappa shape index (κ3) is 3.87. The molecule has 1 amide bonds. The number of carboxylic acids is 1. The van der Waals surface area contributed by atoms with E-state index in [-0.39, 0.29) is 12.8 Å². The first-order chi connectivity index (χ1) is 9.77. The topological polar surface area (TPSA) is 183 Å². The van der Waals surface area contributed by atoms with E-state index in [0.717, 1.165) is 0 Å². The predicted octanol–water partition coefficient (Wildman–Crippen LogP) is -3.90. The van der Waals surface area contributed by atoms with E-state index < -0.39 is 55.2 Å². The van der Waals surface area contributed by atoms with Gasteiger partial charge in [-0.2, -0.15) is 0 Å². The maximum absolute atomic E-state index is 11.2. The van der Waals surface area contributed by atoms with E-state index in [1.54, 1.807) is 0 Å². The summed E-state index contributed by atoms with van der Waals surface area (Å²) in [6.45, 7) is -1.47. The summed E-state index contributed by atoms with van der Waals surface area (Å²) in [7, 11) is 0. The lowest BCUT2D eigenvalue weighted by molar-refractivity contribution is -0.158. The quantitative estimate of drug-likeness (QED) is 0.235. The number of ether oxygens (including phenoxy) is 1. The highest BCUT2D eigenvalue weighted by Gasteiger charge is 2.55. The number of carbonyl (C=O) groups is 2. The Kier molecular flexibility index (Phi) is 6.01. The second kappa shape index (κ2) is 7.11. The number of hydrogen-bond acceptors (Lipinski definition) is 8. The Labute approximate surface area is 120 Å². The molecule has 0 radical (unpaired) electrons. The van der Waals surface area contributed by atoms with Crippen LogP contribution in [0.25, 0.3) is 0 Å². The number of amides is 1. The number of primary amides is 1. The number of carbonyl (C=O) groups excluding carboxylic acids is 1. The first kappa shape index (κ1) is 17.8. The largest absolute Gasteiger partial charge is 0.480 e. The van der Waals surface area contributed by atoms with Gasteiger partial charge in [-0.3, -0.25) is 14.9 Å². The molecule has 10 nitrogen and oxygen atoms in total. The van der Waals surface area contributed by atoms with Crippen molar-refractivity contribution in [3.8, 4) is 0 Å². The zero-order valence-corrected chi connectivity index (χ0v) is 11.2. The SMILES string of the molecule is NC(=O)CC[C@H](N[C@]1(CO)O[C@H](CO)[C@@H](O)[C@@H]1O)C(=O)O. The third-order valence-corrected chi connectivity index (χ3v) is 3.35. The molecule has 1 fully saturated rings. The fraction of sp³-hybridized carbons (Fsp3) is 0.818. The predicted molar refractivity (Wildman–Crippen MR) is 66.8 cm³/mol. The summed E-state index contributed by atoms with van der Waals surface area (Å²) in [6.07, 6.45) is -4.75. The Morgan fingerprint density at radius 3 is 2.33 bits per heavy atom. The van der Waals surface area contributed by atoms with Crippen molar-refractivity contribution in [3.63, 3.8) is 0 Å². The molecule has 1 heterocycles. The van der Waals surface area contributed by atoms with Gasteiger partial charge in [0.05, 0.1) is 13.2 Å². The molecule has 1 saturated heterocycles. The van der Waals surface area contributed by atoms with Crippen molar-refractivity contribution >= 4 is 11.9 Å². The normalized spacial score (nSPS) is 33.8. The molecule has 1 rings (SSSR count). The zero-order chi connectivity index (χ0) is 16.2. The van der Waals surface area contributed by atoms with E-state index in [1.165, 1.54) is 0 Å². The second-order valence-electron chi connectivity index (χ2n) is 4.86. The van der Waals surface area contributed by atoms with Crippen LogP contribution in [0.3, 0.4) is 0 Å². The van der Waals surface area contributed by atoms with Crippen LogP contribution in [0.1, 0.15) is 12.8 Å². The molecule has 5 atom stereocenters. The van der Waals surface area contributed by atoms with E-state index in [0.29, 0.717) is 0 Å². The lowest BCUT2D eigenvalue weighted by Gasteiger charge is -2.34. The van der Waals surface area contributed by atoms with Crippen LogP contribution in [0.15, 0.2) is 0 Å². The standard InChI is InChI=1S/C11H20N2O8/c12-7(16)2-1-5(10(19)20)13-11(4-15)9(18)8(17)6(3-14)21-11/h5-6,8-9,13-15,17-18H,1-4H2,(H2,12,16)(H,19,20)/t5-,6+,8+,9-,11+/m0/s1. The third-order valence-electron chi connectivity index (χ3n) is 3.35. The van der Waals surface area contributed by atoms with Gasteiger partial charge in [-0.1, -0.05) is 0 Å². The number of aliphatic carboxylic acids is 1. The highest BCUT2D eigenvalue weighted by molar-refractivity contribution is 5.77. The van der Waals surface area contributed by atoms with Gasteiger partial charge in [0.15, 0.2) is 5.72 Å². The van der Waals surface area contributed by atoms with Crippen LogP contribution in [-0.2, 0) is 14.3 Å². The molecule has 1 aliphatic heterocycles. The van der Waals surface area contributed by atoms with Gasteiger partial charge in [0.2, 0.25) is 5.91 Å². The van der Waals surface area contributed by atoms with Crippen LogP contribution >= 0.6 is 0 Å². The van der Waals surface area contributed by atoms with E-state index in [1.807, 2.05) is 0 Å². The molecule has 0 aromatic carbocycles. The van der Waals surface area contributed by atoms with Gasteiger partial charge in [-0.15, -0.1) is 0 Å². The number of rotatable bonds is 8. The van der Waals surface area contributed by atoms with Crippen LogP contribution in [-0.4, -0.2) is 80.7 Å². The number of nitrogens with one attached hydrogen (secondary N) is 1. The summed E-state index contributed by atoms with van der Waals surface area (Å²) < 4.78 is 5.17. The molecule has 0 bridgehead atoms. The molecular formula is C11H20N2O8. The maximum Gasteiger partial charge on any atom is 0.320 e. The van der Waals surface area contributed by atoms with E-state index >= 15 is 0 Å². The average molecular weight is 308 g/mol. The van der Waals surface area contributed by atoms with Gasteiger partial charge in [0, 0.05) is 6.42 Å². The minimum atomic E-state index is -1.95. The molecule has 0 spiro atoms. The van der Waals surface area contributed by atoms with Gasteiger partial charge in [-0.05, 0) is 6.42 Å². The number of nitrogens with two attached hydrogens (primary N) is 1. The van der Waals surface area contributed by atoms with Gasteiger partial charge in [-0.25, -0.2) is 0 Å². The Morgan fingerprint density at radius 1 is 1.33 bits per heavy atom. The fourth-order valence-electron chi connectivity index (χ4n) is 2.17. The molecule has 122 valence electrons. The molecule has 0 saturated carbocycles. The first-order valence-electron chi connectivity index (χ1n) is 6.32. The van der Waals surface area contributed by atoms with E-state index in [2.05, 4.69) is 5.32 Å². The summed E-state index contributed by atoms with van der Waals surface area (Å²) >= 11 is 0. The van der Waals surface area contributed by atoms with Crippen LogP contribution < -0.4 is 11.1 Å². The molecule has 8 N–H and O–H groups in total. The van der Waals surface area contributed by atoms with Crippen molar-refractivity contribution in [2.45, 2.75) is 42.9 Å². The minimum Gasteiger partial charge on any atom is -0.480 e. The second-order valence-corrected chi connectivity index (χ2v) is 4.86. The maximum atomic E-state index is 11.2. The molecule has 10 heteroatoms. The molecule has 0 aromatic heterocycles. The van der Waals surface area contributed by atoms with Crippen molar-refractivity contribution < 1.29 is 39.9 Å². The number of aliphatic hydroxyl groups is 4. The summed E-state index contributed by atoms with van der Waals surface area (Å²) in [5, 5.41) is 49.5. The van der Waals surface area contributed by atoms with Crippen LogP contribution in [0.5, 0.6) is 0 Å². The lowest BCUT2D eigenvalue weighted by atomic mass is 10.0. The molecular weight excluding hydrogens is 288 g/mol. The van der Waals surface area contributed by atoms with E-state index in [9.17, 15) is 24.9 Å². The van der Waals surface area contributed by atoms with Crippen molar-refractivity contribution in [1.29, 1.82) is 0 Å². The summed E-state index contributed by atoms with van der Waals surface area (Å²) in [5.74, 6) is -2.05.